The summed E-state index contributed by atoms with van der Waals surface area (Å²) in [6.45, 7) is 0. The SMILES string of the molecule is O=C1C(F)=C(F)C(Cl)=C(F)C1(F)F. The molecule has 0 radical (unpaired) electrons. The zero-order chi connectivity index (χ0) is 10.4. The van der Waals surface area contributed by atoms with E-state index in [-0.39, 0.29) is 0 Å². The number of carbonyl (C=O) groups is 1. The van der Waals surface area contributed by atoms with E-state index in [4.69, 9.17) is 0 Å². The Morgan fingerprint density at radius 2 is 1.54 bits per heavy atom. The summed E-state index contributed by atoms with van der Waals surface area (Å²) in [4.78, 5) is 10.3. The first-order chi connectivity index (χ1) is 5.80. The molecule has 0 bridgehead atoms. The van der Waals surface area contributed by atoms with Crippen LogP contribution >= 0.6 is 11.6 Å². The second-order valence-electron chi connectivity index (χ2n) is 2.16. The molecule has 13 heavy (non-hydrogen) atoms. The second-order valence-corrected chi connectivity index (χ2v) is 2.54. The Hall–Kier alpha value is -0.910. The molecule has 1 rings (SSSR count). The predicted molar refractivity (Wildman–Crippen MR) is 33.2 cm³/mol. The Kier molecular flexibility index (Phi) is 2.19. The molecule has 7 heteroatoms. The van der Waals surface area contributed by atoms with Crippen LogP contribution in [0.4, 0.5) is 22.0 Å². The number of hydrogen-bond acceptors (Lipinski definition) is 1. The van der Waals surface area contributed by atoms with Crippen molar-refractivity contribution in [3.05, 3.63) is 22.5 Å². The van der Waals surface area contributed by atoms with Gasteiger partial charge in [0.1, 0.15) is 5.03 Å². The molecule has 0 aromatic carbocycles. The van der Waals surface area contributed by atoms with E-state index in [0.717, 1.165) is 0 Å². The van der Waals surface area contributed by atoms with Crippen LogP contribution in [-0.2, 0) is 4.79 Å². The Labute approximate surface area is 73.5 Å². The molecule has 0 spiro atoms. The highest BCUT2D eigenvalue weighted by Gasteiger charge is 2.52. The van der Waals surface area contributed by atoms with Crippen molar-refractivity contribution in [3.8, 4) is 0 Å². The van der Waals surface area contributed by atoms with Crippen molar-refractivity contribution in [1.82, 2.24) is 0 Å². The average Bonchev–Trinajstić information content (AvgIpc) is 2.09. The largest absolute Gasteiger partial charge is 0.364 e. The lowest BCUT2D eigenvalue weighted by atomic mass is 10.1. The standard InChI is InChI=1S/C6ClF5O/c7-1-2(8)3(9)5(13)6(11,12)4(1)10. The smallest absolute Gasteiger partial charge is 0.284 e. The summed E-state index contributed by atoms with van der Waals surface area (Å²) in [5.41, 5.74) is 0. The molecular weight excluding hydrogens is 219 g/mol. The summed E-state index contributed by atoms with van der Waals surface area (Å²) in [5, 5.41) is -1.71. The highest BCUT2D eigenvalue weighted by Crippen LogP contribution is 2.41. The fourth-order valence-electron chi connectivity index (χ4n) is 0.668. The van der Waals surface area contributed by atoms with Crippen molar-refractivity contribution in [2.45, 2.75) is 5.92 Å². The van der Waals surface area contributed by atoms with Gasteiger partial charge in [-0.1, -0.05) is 11.6 Å². The fraction of sp³-hybridized carbons (Fsp3) is 0.167. The third kappa shape index (κ3) is 1.25. The van der Waals surface area contributed by atoms with E-state index in [1.54, 1.807) is 0 Å². The van der Waals surface area contributed by atoms with Gasteiger partial charge in [0.2, 0.25) is 5.83 Å². The average molecular weight is 219 g/mol. The van der Waals surface area contributed by atoms with Gasteiger partial charge in [0.25, 0.3) is 5.78 Å². The maximum Gasteiger partial charge on any atom is 0.364 e. The number of carbonyl (C=O) groups excluding carboxylic acids is 1. The van der Waals surface area contributed by atoms with Crippen molar-refractivity contribution in [1.29, 1.82) is 0 Å². The maximum atomic E-state index is 12.4. The third-order valence-electron chi connectivity index (χ3n) is 1.34. The lowest BCUT2D eigenvalue weighted by Gasteiger charge is -2.17. The predicted octanol–water partition coefficient (Wildman–Crippen LogP) is 2.77. The van der Waals surface area contributed by atoms with E-state index in [9.17, 15) is 26.7 Å². The van der Waals surface area contributed by atoms with E-state index >= 15 is 0 Å². The first-order valence-electron chi connectivity index (χ1n) is 2.84. The quantitative estimate of drug-likeness (QED) is 0.572. The van der Waals surface area contributed by atoms with Crippen LogP contribution in [0.3, 0.4) is 0 Å². The molecular formula is C6ClF5O. The summed E-state index contributed by atoms with van der Waals surface area (Å²) >= 11 is 4.66. The third-order valence-corrected chi connectivity index (χ3v) is 1.67. The maximum absolute atomic E-state index is 12.4. The molecule has 0 heterocycles. The Morgan fingerprint density at radius 3 is 2.00 bits per heavy atom. The van der Waals surface area contributed by atoms with Gasteiger partial charge in [-0.3, -0.25) is 4.79 Å². The Morgan fingerprint density at radius 1 is 1.08 bits per heavy atom. The van der Waals surface area contributed by atoms with Crippen molar-refractivity contribution < 1.29 is 26.7 Å². The lowest BCUT2D eigenvalue weighted by molar-refractivity contribution is -0.138. The molecule has 1 nitrogen and oxygen atoms in total. The first-order valence-corrected chi connectivity index (χ1v) is 3.22. The molecule has 0 saturated carbocycles. The van der Waals surface area contributed by atoms with Gasteiger partial charge in [-0.25, -0.2) is 8.78 Å². The van der Waals surface area contributed by atoms with Crippen LogP contribution in [0.1, 0.15) is 0 Å². The molecule has 0 aliphatic heterocycles. The molecule has 0 N–H and O–H groups in total. The lowest BCUT2D eigenvalue weighted by Crippen LogP contribution is -2.33. The Balaban J connectivity index is 3.41. The number of ketones is 1. The number of halogens is 6. The second kappa shape index (κ2) is 2.80. The highest BCUT2D eigenvalue weighted by molar-refractivity contribution is 6.33. The van der Waals surface area contributed by atoms with E-state index in [2.05, 4.69) is 11.6 Å². The minimum absolute atomic E-state index is 1.71. The van der Waals surface area contributed by atoms with E-state index in [0.29, 0.717) is 0 Å². The number of alkyl halides is 2. The van der Waals surface area contributed by atoms with E-state index < -0.39 is 34.2 Å². The van der Waals surface area contributed by atoms with Gasteiger partial charge in [-0.05, 0) is 0 Å². The normalized spacial score (nSPS) is 22.8. The zero-order valence-corrected chi connectivity index (χ0v) is 6.43. The number of allylic oxidation sites excluding steroid dienone is 4. The minimum Gasteiger partial charge on any atom is -0.284 e. The molecule has 0 aromatic heterocycles. The minimum atomic E-state index is -4.71. The van der Waals surface area contributed by atoms with Gasteiger partial charge >= 0.3 is 5.92 Å². The highest BCUT2D eigenvalue weighted by atomic mass is 35.5. The fourth-order valence-corrected chi connectivity index (χ4v) is 0.869. The Bertz CT molecular complexity index is 343. The summed E-state index contributed by atoms with van der Waals surface area (Å²) in [5.74, 6) is -14.2. The molecule has 72 valence electrons. The van der Waals surface area contributed by atoms with Gasteiger partial charge < -0.3 is 0 Å². The van der Waals surface area contributed by atoms with Crippen molar-refractivity contribution >= 4 is 17.4 Å². The molecule has 0 amide bonds. The van der Waals surface area contributed by atoms with E-state index in [1.165, 1.54) is 0 Å². The molecule has 0 aromatic rings. The van der Waals surface area contributed by atoms with Crippen LogP contribution in [0.15, 0.2) is 22.5 Å². The summed E-state index contributed by atoms with van der Waals surface area (Å²) in [6, 6.07) is 0. The molecule has 0 atom stereocenters. The van der Waals surface area contributed by atoms with Crippen molar-refractivity contribution in [2.75, 3.05) is 0 Å². The van der Waals surface area contributed by atoms with Gasteiger partial charge in [-0.15, -0.1) is 0 Å². The van der Waals surface area contributed by atoms with Crippen LogP contribution in [0, 0.1) is 0 Å². The monoisotopic (exact) mass is 218 g/mol. The van der Waals surface area contributed by atoms with Gasteiger partial charge in [-0.2, -0.15) is 13.2 Å². The van der Waals surface area contributed by atoms with Crippen molar-refractivity contribution in [2.24, 2.45) is 0 Å². The molecule has 0 fully saturated rings. The van der Waals surface area contributed by atoms with Gasteiger partial charge in [0.15, 0.2) is 11.7 Å². The summed E-state index contributed by atoms with van der Waals surface area (Å²) < 4.78 is 61.7. The molecule has 0 saturated heterocycles. The van der Waals surface area contributed by atoms with Crippen molar-refractivity contribution in [3.63, 3.8) is 0 Å². The topological polar surface area (TPSA) is 17.1 Å². The first kappa shape index (κ1) is 10.2. The van der Waals surface area contributed by atoms with Gasteiger partial charge in [0.05, 0.1) is 0 Å². The summed E-state index contributed by atoms with van der Waals surface area (Å²) in [6.07, 6.45) is 0. The molecule has 0 unspecified atom stereocenters. The van der Waals surface area contributed by atoms with Crippen LogP contribution < -0.4 is 0 Å². The van der Waals surface area contributed by atoms with E-state index in [1.807, 2.05) is 0 Å². The molecule has 1 aliphatic rings. The number of hydrogen-bond donors (Lipinski definition) is 0. The van der Waals surface area contributed by atoms with Crippen LogP contribution in [0.2, 0.25) is 0 Å². The molecule has 1 aliphatic carbocycles. The van der Waals surface area contributed by atoms with Crippen LogP contribution in [-0.4, -0.2) is 11.7 Å². The summed E-state index contributed by atoms with van der Waals surface area (Å²) in [7, 11) is 0. The zero-order valence-electron chi connectivity index (χ0n) is 5.68. The van der Waals surface area contributed by atoms with Gasteiger partial charge in [0, 0.05) is 0 Å². The van der Waals surface area contributed by atoms with Crippen LogP contribution in [0.25, 0.3) is 0 Å². The number of Topliss-reactive ketones (excluding diaryl/α,β-unsaturated/α-hetero) is 1. The number of rotatable bonds is 0. The van der Waals surface area contributed by atoms with Crippen LogP contribution in [0.5, 0.6) is 0 Å².